The van der Waals surface area contributed by atoms with Crippen LogP contribution in [0.1, 0.15) is 11.8 Å². The zero-order valence-electron chi connectivity index (χ0n) is 13.7. The Hall–Kier alpha value is -1.90. The van der Waals surface area contributed by atoms with E-state index in [0.29, 0.717) is 27.7 Å². The number of anilines is 1. The summed E-state index contributed by atoms with van der Waals surface area (Å²) >= 11 is 9.05. The molecular formula is C16H16ClN5OS2. The van der Waals surface area contributed by atoms with Crippen LogP contribution >= 0.6 is 34.7 Å². The predicted octanol–water partition coefficient (Wildman–Crippen LogP) is 4.11. The van der Waals surface area contributed by atoms with Gasteiger partial charge < -0.3 is 9.88 Å². The van der Waals surface area contributed by atoms with Crippen molar-refractivity contribution in [3.8, 4) is 11.4 Å². The number of nitrogens with one attached hydrogen (secondary N) is 1. The SMILES string of the molecule is CCn1c(SCC(=O)Nc2ncc(C)s2)nnc1-c1ccccc1Cl. The lowest BCUT2D eigenvalue weighted by Crippen LogP contribution is -2.14. The molecule has 0 aliphatic carbocycles. The van der Waals surface area contributed by atoms with Gasteiger partial charge in [0, 0.05) is 23.2 Å². The molecule has 25 heavy (non-hydrogen) atoms. The van der Waals surface area contributed by atoms with Crippen LogP contribution in [0.5, 0.6) is 0 Å². The van der Waals surface area contributed by atoms with Gasteiger partial charge in [-0.15, -0.1) is 21.5 Å². The Morgan fingerprint density at radius 2 is 2.16 bits per heavy atom. The van der Waals surface area contributed by atoms with Crippen LogP contribution in [0.4, 0.5) is 5.13 Å². The lowest BCUT2D eigenvalue weighted by atomic mass is 10.2. The van der Waals surface area contributed by atoms with Crippen LogP contribution in [0, 0.1) is 6.92 Å². The van der Waals surface area contributed by atoms with Crippen LogP contribution in [0.15, 0.2) is 35.6 Å². The Bertz CT molecular complexity index is 892. The molecule has 3 rings (SSSR count). The number of halogens is 1. The molecule has 1 N–H and O–H groups in total. The normalized spacial score (nSPS) is 10.8. The molecule has 0 radical (unpaired) electrons. The maximum atomic E-state index is 12.1. The average molecular weight is 394 g/mol. The molecule has 6 nitrogen and oxygen atoms in total. The topological polar surface area (TPSA) is 72.7 Å². The van der Waals surface area contributed by atoms with Gasteiger partial charge >= 0.3 is 0 Å². The van der Waals surface area contributed by atoms with Gasteiger partial charge in [-0.3, -0.25) is 4.79 Å². The largest absolute Gasteiger partial charge is 0.302 e. The second kappa shape index (κ2) is 7.99. The minimum atomic E-state index is -0.121. The van der Waals surface area contributed by atoms with E-state index in [-0.39, 0.29) is 11.7 Å². The van der Waals surface area contributed by atoms with Crippen molar-refractivity contribution >= 4 is 45.7 Å². The highest BCUT2D eigenvalue weighted by molar-refractivity contribution is 7.99. The summed E-state index contributed by atoms with van der Waals surface area (Å²) < 4.78 is 1.95. The number of rotatable bonds is 6. The summed E-state index contributed by atoms with van der Waals surface area (Å²) in [7, 11) is 0. The van der Waals surface area contributed by atoms with Crippen molar-refractivity contribution in [3.05, 3.63) is 40.4 Å². The van der Waals surface area contributed by atoms with Crippen molar-refractivity contribution in [1.29, 1.82) is 0 Å². The number of benzene rings is 1. The second-order valence-corrected chi connectivity index (χ2v) is 7.73. The highest BCUT2D eigenvalue weighted by Crippen LogP contribution is 2.29. The molecule has 1 amide bonds. The number of carbonyl (C=O) groups is 1. The average Bonchev–Trinajstić information content (AvgIpc) is 3.19. The summed E-state index contributed by atoms with van der Waals surface area (Å²) in [6.45, 7) is 4.64. The summed E-state index contributed by atoms with van der Waals surface area (Å²) in [5.41, 5.74) is 0.827. The van der Waals surface area contributed by atoms with Crippen LogP contribution in [-0.2, 0) is 11.3 Å². The maximum absolute atomic E-state index is 12.1. The predicted molar refractivity (Wildman–Crippen MR) is 102 cm³/mol. The van der Waals surface area contributed by atoms with Crippen molar-refractivity contribution in [3.63, 3.8) is 0 Å². The third-order valence-electron chi connectivity index (χ3n) is 3.35. The summed E-state index contributed by atoms with van der Waals surface area (Å²) in [6.07, 6.45) is 1.73. The van der Waals surface area contributed by atoms with E-state index < -0.39 is 0 Å². The van der Waals surface area contributed by atoms with Gasteiger partial charge in [-0.1, -0.05) is 35.5 Å². The number of thioether (sulfide) groups is 1. The molecule has 0 unspecified atom stereocenters. The van der Waals surface area contributed by atoms with E-state index >= 15 is 0 Å². The zero-order valence-corrected chi connectivity index (χ0v) is 16.1. The quantitative estimate of drug-likeness (QED) is 0.638. The van der Waals surface area contributed by atoms with E-state index in [1.54, 1.807) is 6.20 Å². The number of hydrogen-bond donors (Lipinski definition) is 1. The minimum Gasteiger partial charge on any atom is -0.302 e. The summed E-state index contributed by atoms with van der Waals surface area (Å²) in [4.78, 5) is 17.3. The maximum Gasteiger partial charge on any atom is 0.236 e. The monoisotopic (exact) mass is 393 g/mol. The van der Waals surface area contributed by atoms with Gasteiger partial charge in [0.25, 0.3) is 0 Å². The zero-order chi connectivity index (χ0) is 17.8. The lowest BCUT2D eigenvalue weighted by Gasteiger charge is -2.08. The first-order chi connectivity index (χ1) is 12.1. The smallest absolute Gasteiger partial charge is 0.236 e. The molecule has 0 aliphatic rings. The fourth-order valence-electron chi connectivity index (χ4n) is 2.22. The molecule has 2 heterocycles. The Morgan fingerprint density at radius 3 is 2.84 bits per heavy atom. The molecule has 2 aromatic heterocycles. The first kappa shape index (κ1) is 17.9. The number of nitrogens with zero attached hydrogens (tertiary/aromatic N) is 4. The van der Waals surface area contributed by atoms with Crippen LogP contribution in [0.3, 0.4) is 0 Å². The van der Waals surface area contributed by atoms with Crippen molar-refractivity contribution in [2.45, 2.75) is 25.5 Å². The molecular weight excluding hydrogens is 378 g/mol. The number of hydrogen-bond acceptors (Lipinski definition) is 6. The third kappa shape index (κ3) is 4.20. The summed E-state index contributed by atoms with van der Waals surface area (Å²) in [5.74, 6) is 0.815. The molecule has 0 saturated heterocycles. The first-order valence-electron chi connectivity index (χ1n) is 7.61. The molecule has 0 spiro atoms. The minimum absolute atomic E-state index is 0.121. The van der Waals surface area contributed by atoms with Gasteiger partial charge in [-0.05, 0) is 26.0 Å². The van der Waals surface area contributed by atoms with E-state index in [1.165, 1.54) is 23.1 Å². The Kier molecular flexibility index (Phi) is 5.72. The number of thiazole rings is 1. The van der Waals surface area contributed by atoms with Crippen LogP contribution < -0.4 is 5.32 Å². The van der Waals surface area contributed by atoms with Gasteiger partial charge in [-0.25, -0.2) is 4.98 Å². The van der Waals surface area contributed by atoms with Crippen molar-refractivity contribution in [2.75, 3.05) is 11.1 Å². The summed E-state index contributed by atoms with van der Waals surface area (Å²) in [5, 5.41) is 13.2. The van der Waals surface area contributed by atoms with Gasteiger partial charge in [0.1, 0.15) is 0 Å². The second-order valence-electron chi connectivity index (χ2n) is 5.14. The molecule has 130 valence electrons. The molecule has 0 aliphatic heterocycles. The van der Waals surface area contributed by atoms with Gasteiger partial charge in [0.05, 0.1) is 10.8 Å². The highest BCUT2D eigenvalue weighted by Gasteiger charge is 2.16. The fourth-order valence-corrected chi connectivity index (χ4v) is 3.92. The highest BCUT2D eigenvalue weighted by atomic mass is 35.5. The van der Waals surface area contributed by atoms with Crippen LogP contribution in [0.25, 0.3) is 11.4 Å². The standard InChI is InChI=1S/C16H16ClN5OS2/c1-3-22-14(11-6-4-5-7-12(11)17)20-21-16(22)24-9-13(23)19-15-18-8-10(2)25-15/h4-8H,3,9H2,1-2H3,(H,18,19,23). The van der Waals surface area contributed by atoms with Crippen LogP contribution in [0.2, 0.25) is 5.02 Å². The number of carbonyl (C=O) groups excluding carboxylic acids is 1. The van der Waals surface area contributed by atoms with Gasteiger partial charge in [-0.2, -0.15) is 0 Å². The van der Waals surface area contributed by atoms with Gasteiger partial charge in [0.2, 0.25) is 5.91 Å². The lowest BCUT2D eigenvalue weighted by molar-refractivity contribution is -0.113. The summed E-state index contributed by atoms with van der Waals surface area (Å²) in [6, 6.07) is 7.51. The molecule has 0 fully saturated rings. The van der Waals surface area contributed by atoms with Crippen molar-refractivity contribution < 1.29 is 4.79 Å². The molecule has 0 saturated carbocycles. The third-order valence-corrected chi connectivity index (χ3v) is 5.47. The Balaban J connectivity index is 1.71. The fraction of sp³-hybridized carbons (Fsp3) is 0.250. The molecule has 9 heteroatoms. The Morgan fingerprint density at radius 1 is 1.36 bits per heavy atom. The molecule has 0 atom stereocenters. The van der Waals surface area contributed by atoms with Crippen molar-refractivity contribution in [2.24, 2.45) is 0 Å². The van der Waals surface area contributed by atoms with Crippen LogP contribution in [-0.4, -0.2) is 31.4 Å². The van der Waals surface area contributed by atoms with E-state index in [2.05, 4.69) is 20.5 Å². The molecule has 3 aromatic rings. The number of aromatic nitrogens is 4. The van der Waals surface area contributed by atoms with E-state index in [1.807, 2.05) is 42.7 Å². The van der Waals surface area contributed by atoms with E-state index in [9.17, 15) is 4.79 Å². The molecule has 0 bridgehead atoms. The van der Waals surface area contributed by atoms with E-state index in [4.69, 9.17) is 11.6 Å². The first-order valence-corrected chi connectivity index (χ1v) is 9.79. The number of amides is 1. The van der Waals surface area contributed by atoms with Crippen molar-refractivity contribution in [1.82, 2.24) is 19.7 Å². The number of aryl methyl sites for hydroxylation is 1. The Labute approximate surface area is 158 Å². The molecule has 1 aromatic carbocycles. The van der Waals surface area contributed by atoms with E-state index in [0.717, 1.165) is 10.4 Å². The van der Waals surface area contributed by atoms with Gasteiger partial charge in [0.15, 0.2) is 16.1 Å².